The molecule has 3 atom stereocenters. The average Bonchev–Trinajstić information content (AvgIpc) is 3.27. The Bertz CT molecular complexity index is 1560. The quantitative estimate of drug-likeness (QED) is 0.273. The standard InChI is InChI=1S/C36H52BrN5O6/c1-10-41(11-2)31(43)22-19-24-23-15-14-17-27-29(23)25(20-28(24)40(9)21-22)30(37)42(27)32(44)26(39-34(46)48-36(6,7)8)16-12-13-18-38-33(45)47-35(3,4)5/h14-15,17,19,22,26,28H,10-13,16,18,20-21H2,1-9H3,(H,38,45)(H,39,46)/t22-,26+,28-/m1/s1. The maximum atomic E-state index is 14.4. The molecule has 2 heterocycles. The van der Waals surface area contributed by atoms with E-state index in [9.17, 15) is 19.2 Å². The van der Waals surface area contributed by atoms with Crippen LogP contribution in [-0.4, -0.2) is 94.9 Å². The molecule has 12 heteroatoms. The molecule has 2 N–H and O–H groups in total. The summed E-state index contributed by atoms with van der Waals surface area (Å²) < 4.78 is 13.2. The van der Waals surface area contributed by atoms with Crippen molar-refractivity contribution in [1.82, 2.24) is 25.0 Å². The number of alkyl carbamates (subject to hydrolysis) is 2. The first-order chi connectivity index (χ1) is 22.5. The van der Waals surface area contributed by atoms with Crippen molar-refractivity contribution in [1.29, 1.82) is 0 Å². The minimum Gasteiger partial charge on any atom is -0.444 e. The Morgan fingerprint density at radius 3 is 2.27 bits per heavy atom. The molecule has 0 saturated carbocycles. The minimum atomic E-state index is -0.884. The summed E-state index contributed by atoms with van der Waals surface area (Å²) in [6, 6.07) is 5.10. The molecule has 0 spiro atoms. The molecule has 1 aliphatic heterocycles. The van der Waals surface area contributed by atoms with Crippen LogP contribution >= 0.6 is 15.9 Å². The Labute approximate surface area is 292 Å². The molecule has 0 bridgehead atoms. The highest BCUT2D eigenvalue weighted by atomic mass is 79.9. The number of unbranched alkanes of at least 4 members (excludes halogenated alkanes) is 1. The van der Waals surface area contributed by atoms with Gasteiger partial charge in [-0.15, -0.1) is 0 Å². The lowest BCUT2D eigenvalue weighted by Gasteiger charge is -2.40. The van der Waals surface area contributed by atoms with Gasteiger partial charge in [-0.3, -0.25) is 19.1 Å². The van der Waals surface area contributed by atoms with E-state index in [-0.39, 0.29) is 23.8 Å². The number of hydrogen-bond acceptors (Lipinski definition) is 7. The Morgan fingerprint density at radius 1 is 1.00 bits per heavy atom. The van der Waals surface area contributed by atoms with Crippen LogP contribution in [0.3, 0.4) is 0 Å². The number of fused-ring (bicyclic) bond motifs is 2. The smallest absolute Gasteiger partial charge is 0.408 e. The Hall–Kier alpha value is -3.38. The summed E-state index contributed by atoms with van der Waals surface area (Å²) in [4.78, 5) is 57.0. The van der Waals surface area contributed by atoms with Crippen LogP contribution in [0.4, 0.5) is 9.59 Å². The molecule has 48 heavy (non-hydrogen) atoms. The van der Waals surface area contributed by atoms with Crippen molar-refractivity contribution < 1.29 is 28.7 Å². The summed E-state index contributed by atoms with van der Waals surface area (Å²) in [5.41, 5.74) is 2.54. The number of hydrogen-bond donors (Lipinski definition) is 2. The molecule has 2 aliphatic rings. The summed E-state index contributed by atoms with van der Waals surface area (Å²) in [6.45, 7) is 17.1. The SMILES string of the molecule is CCN(CC)C(=O)[C@@H]1C=C2c3cccc4c3c(c(Br)n4C(=O)[C@H](CCCCNC(=O)OC(C)(C)C)NC(=O)OC(C)(C)C)C[C@H]2N(C)C1. The molecule has 1 aromatic carbocycles. The van der Waals surface area contributed by atoms with Gasteiger partial charge in [-0.05, 0) is 127 Å². The number of benzene rings is 1. The number of carbonyl (C=O) groups is 4. The van der Waals surface area contributed by atoms with Crippen LogP contribution in [0.5, 0.6) is 0 Å². The van der Waals surface area contributed by atoms with E-state index in [4.69, 9.17) is 9.47 Å². The van der Waals surface area contributed by atoms with Crippen LogP contribution in [0.25, 0.3) is 16.5 Å². The molecule has 1 aromatic heterocycles. The fourth-order valence-corrected chi connectivity index (χ4v) is 7.30. The maximum absolute atomic E-state index is 14.4. The van der Waals surface area contributed by atoms with Gasteiger partial charge in [0.15, 0.2) is 0 Å². The fourth-order valence-electron chi connectivity index (χ4n) is 6.57. The second-order valence-electron chi connectivity index (χ2n) is 14.7. The van der Waals surface area contributed by atoms with Crippen molar-refractivity contribution in [2.75, 3.05) is 33.2 Å². The second-order valence-corrected chi connectivity index (χ2v) is 15.4. The summed E-state index contributed by atoms with van der Waals surface area (Å²) in [6.07, 6.45) is 3.10. The molecule has 0 radical (unpaired) electrons. The zero-order valence-electron chi connectivity index (χ0n) is 29.9. The van der Waals surface area contributed by atoms with Crippen LogP contribution in [0.1, 0.15) is 90.6 Å². The van der Waals surface area contributed by atoms with Crippen molar-refractivity contribution in [3.05, 3.63) is 40.0 Å². The number of nitrogens with zero attached hydrogens (tertiary/aromatic N) is 3. The highest BCUT2D eigenvalue weighted by molar-refractivity contribution is 9.10. The van der Waals surface area contributed by atoms with E-state index in [1.54, 1.807) is 46.1 Å². The number of ether oxygens (including phenoxy) is 2. The molecule has 3 amide bonds. The van der Waals surface area contributed by atoms with Gasteiger partial charge < -0.3 is 25.0 Å². The van der Waals surface area contributed by atoms with E-state index in [2.05, 4.69) is 50.7 Å². The number of likely N-dealkylation sites (N-methyl/N-ethyl adjacent to an activating group) is 1. The lowest BCUT2D eigenvalue weighted by molar-refractivity contribution is -0.134. The summed E-state index contributed by atoms with van der Waals surface area (Å²) >= 11 is 3.79. The molecule has 1 aliphatic carbocycles. The second kappa shape index (κ2) is 15.0. The third-order valence-electron chi connectivity index (χ3n) is 8.68. The van der Waals surface area contributed by atoms with E-state index in [1.807, 2.05) is 30.9 Å². The number of rotatable bonds is 10. The largest absolute Gasteiger partial charge is 0.444 e. The highest BCUT2D eigenvalue weighted by Gasteiger charge is 2.39. The first-order valence-electron chi connectivity index (χ1n) is 17.0. The Kier molecular flexibility index (Phi) is 11.7. The molecular formula is C36H52BrN5O6. The monoisotopic (exact) mass is 729 g/mol. The van der Waals surface area contributed by atoms with Gasteiger partial charge in [-0.25, -0.2) is 9.59 Å². The highest BCUT2D eigenvalue weighted by Crippen LogP contribution is 2.45. The van der Waals surface area contributed by atoms with Crippen molar-refractivity contribution >= 4 is 56.4 Å². The zero-order chi connectivity index (χ0) is 35.6. The number of halogens is 1. The van der Waals surface area contributed by atoms with Gasteiger partial charge in [0.25, 0.3) is 5.91 Å². The van der Waals surface area contributed by atoms with Gasteiger partial charge in [0.1, 0.15) is 17.2 Å². The van der Waals surface area contributed by atoms with Gasteiger partial charge in [0.05, 0.1) is 16.0 Å². The fraction of sp³-hybridized carbons (Fsp3) is 0.611. The summed E-state index contributed by atoms with van der Waals surface area (Å²) in [5.74, 6) is -0.414. The number of nitrogens with one attached hydrogen (secondary N) is 2. The molecule has 0 fully saturated rings. The van der Waals surface area contributed by atoms with Gasteiger partial charge in [-0.2, -0.15) is 0 Å². The third-order valence-corrected chi connectivity index (χ3v) is 9.52. The normalized spacial score (nSPS) is 18.4. The van der Waals surface area contributed by atoms with E-state index < -0.39 is 29.4 Å². The summed E-state index contributed by atoms with van der Waals surface area (Å²) in [7, 11) is 2.06. The van der Waals surface area contributed by atoms with Crippen molar-refractivity contribution in [2.45, 2.75) is 104 Å². The van der Waals surface area contributed by atoms with Crippen LogP contribution in [-0.2, 0) is 20.7 Å². The van der Waals surface area contributed by atoms with Crippen molar-refractivity contribution in [3.8, 4) is 0 Å². The van der Waals surface area contributed by atoms with Crippen molar-refractivity contribution in [3.63, 3.8) is 0 Å². The Morgan fingerprint density at radius 2 is 1.65 bits per heavy atom. The van der Waals surface area contributed by atoms with Gasteiger partial charge in [-0.1, -0.05) is 18.2 Å². The van der Waals surface area contributed by atoms with Crippen molar-refractivity contribution in [2.24, 2.45) is 5.92 Å². The topological polar surface area (TPSA) is 122 Å². The van der Waals surface area contributed by atoms with E-state index >= 15 is 0 Å². The number of aromatic nitrogens is 1. The first kappa shape index (κ1) is 37.4. The van der Waals surface area contributed by atoms with Gasteiger partial charge >= 0.3 is 12.2 Å². The molecule has 4 rings (SSSR count). The predicted molar refractivity (Wildman–Crippen MR) is 191 cm³/mol. The van der Waals surface area contributed by atoms with Crippen LogP contribution in [0.2, 0.25) is 0 Å². The lowest BCUT2D eigenvalue weighted by atomic mass is 9.79. The summed E-state index contributed by atoms with van der Waals surface area (Å²) in [5, 5.41) is 6.55. The van der Waals surface area contributed by atoms with Crippen LogP contribution in [0.15, 0.2) is 28.9 Å². The zero-order valence-corrected chi connectivity index (χ0v) is 31.5. The first-order valence-corrected chi connectivity index (χ1v) is 17.8. The van der Waals surface area contributed by atoms with E-state index in [1.165, 1.54) is 0 Å². The molecule has 11 nitrogen and oxygen atoms in total. The van der Waals surface area contributed by atoms with Crippen LogP contribution in [0, 0.1) is 5.92 Å². The lowest BCUT2D eigenvalue weighted by Crippen LogP contribution is -2.47. The number of amides is 3. The molecule has 0 unspecified atom stereocenters. The van der Waals surface area contributed by atoms with Gasteiger partial charge in [0, 0.05) is 37.6 Å². The molecule has 0 saturated heterocycles. The molecule has 2 aromatic rings. The van der Waals surface area contributed by atoms with E-state index in [0.29, 0.717) is 56.5 Å². The average molecular weight is 731 g/mol. The van der Waals surface area contributed by atoms with Crippen LogP contribution < -0.4 is 10.6 Å². The Balaban J connectivity index is 1.64. The molecular weight excluding hydrogens is 678 g/mol. The van der Waals surface area contributed by atoms with Gasteiger partial charge in [0.2, 0.25) is 5.91 Å². The maximum Gasteiger partial charge on any atom is 0.408 e. The third kappa shape index (κ3) is 8.61. The minimum absolute atomic E-state index is 0.0549. The predicted octanol–water partition coefficient (Wildman–Crippen LogP) is 6.37. The van der Waals surface area contributed by atoms with E-state index in [0.717, 1.165) is 27.6 Å². The molecule has 264 valence electrons. The number of carbonyl (C=O) groups excluding carboxylic acids is 4.